The van der Waals surface area contributed by atoms with Gasteiger partial charge in [-0.15, -0.1) is 0 Å². The second-order valence-electron chi connectivity index (χ2n) is 6.22. The van der Waals surface area contributed by atoms with Gasteiger partial charge < -0.3 is 14.6 Å². The molecule has 4 atom stereocenters. The van der Waals surface area contributed by atoms with E-state index in [2.05, 4.69) is 12.1 Å². The van der Waals surface area contributed by atoms with Crippen LogP contribution >= 0.6 is 0 Å². The van der Waals surface area contributed by atoms with Gasteiger partial charge in [0.25, 0.3) is 0 Å². The monoisotopic (exact) mass is 258 g/mol. The molecular weight excluding hydrogens is 240 g/mol. The molecule has 1 aliphatic carbocycles. The van der Waals surface area contributed by atoms with Crippen LogP contribution < -0.4 is 4.74 Å². The number of methoxy groups -OCH3 is 1. The predicted molar refractivity (Wildman–Crippen MR) is 70.9 cm³/mol. The van der Waals surface area contributed by atoms with E-state index in [9.17, 15) is 5.11 Å². The van der Waals surface area contributed by atoms with Gasteiger partial charge in [-0.05, 0) is 31.1 Å². The summed E-state index contributed by atoms with van der Waals surface area (Å²) in [6, 6.07) is 6.15. The fourth-order valence-corrected chi connectivity index (χ4v) is 3.92. The van der Waals surface area contributed by atoms with Crippen LogP contribution in [0.5, 0.6) is 5.75 Å². The highest BCUT2D eigenvalue weighted by Crippen LogP contribution is 2.66. The number of benzene rings is 1. The molecule has 100 valence electrons. The molecule has 1 fully saturated rings. The van der Waals surface area contributed by atoms with Crippen molar-refractivity contribution in [2.24, 2.45) is 11.8 Å². The Morgan fingerprint density at radius 1 is 1.26 bits per heavy atom. The highest BCUT2D eigenvalue weighted by molar-refractivity contribution is 5.53. The minimum atomic E-state index is -0.753. The molecule has 0 aromatic heterocycles. The molecule has 1 aromatic rings. The lowest BCUT2D eigenvalue weighted by Crippen LogP contribution is -2.40. The maximum atomic E-state index is 10.2. The van der Waals surface area contributed by atoms with Crippen molar-refractivity contribution in [3.05, 3.63) is 41.0 Å². The Balaban J connectivity index is 1.80. The van der Waals surface area contributed by atoms with Crippen LogP contribution in [0.25, 0.3) is 0 Å². The molecule has 3 heteroatoms. The van der Waals surface area contributed by atoms with Gasteiger partial charge in [0.2, 0.25) is 0 Å². The summed E-state index contributed by atoms with van der Waals surface area (Å²) in [5.74, 6) is 1.64. The summed E-state index contributed by atoms with van der Waals surface area (Å²) in [6.07, 6.45) is 2.39. The van der Waals surface area contributed by atoms with Crippen molar-refractivity contribution in [3.63, 3.8) is 0 Å². The molecule has 2 bridgehead atoms. The van der Waals surface area contributed by atoms with Crippen molar-refractivity contribution in [3.8, 4) is 5.75 Å². The number of ether oxygens (including phenoxy) is 2. The third-order valence-electron chi connectivity index (χ3n) is 4.73. The van der Waals surface area contributed by atoms with E-state index in [1.807, 2.05) is 26.0 Å². The molecule has 4 rings (SSSR count). The standard InChI is InChI=1S/C16H18O3/c1-16(2,17)10-7-9-12(10)15-13-8(14(9)19-15)5-4-6-11(13)18-3/h4-7,9,12,14-15,17H,1-3H3/t9-,12-,14+,15+/m1/s1. The quantitative estimate of drug-likeness (QED) is 0.829. The van der Waals surface area contributed by atoms with Crippen molar-refractivity contribution in [2.45, 2.75) is 31.7 Å². The fraction of sp³-hybridized carbons (Fsp3) is 0.500. The van der Waals surface area contributed by atoms with Crippen LogP contribution in [0, 0.1) is 11.8 Å². The zero-order chi connectivity index (χ0) is 13.4. The van der Waals surface area contributed by atoms with E-state index < -0.39 is 5.60 Å². The van der Waals surface area contributed by atoms with Crippen LogP contribution in [0.15, 0.2) is 29.8 Å². The summed E-state index contributed by atoms with van der Waals surface area (Å²) < 4.78 is 11.6. The Morgan fingerprint density at radius 2 is 2.05 bits per heavy atom. The Morgan fingerprint density at radius 3 is 2.74 bits per heavy atom. The summed E-state index contributed by atoms with van der Waals surface area (Å²) in [4.78, 5) is 0. The number of aliphatic hydroxyl groups is 1. The second kappa shape index (κ2) is 3.41. The first-order valence-corrected chi connectivity index (χ1v) is 6.79. The number of rotatable bonds is 2. The topological polar surface area (TPSA) is 38.7 Å². The van der Waals surface area contributed by atoms with E-state index in [0.29, 0.717) is 11.8 Å². The first-order chi connectivity index (χ1) is 9.02. The van der Waals surface area contributed by atoms with Gasteiger partial charge >= 0.3 is 0 Å². The van der Waals surface area contributed by atoms with Crippen LogP contribution in [0.1, 0.15) is 37.2 Å². The smallest absolute Gasteiger partial charge is 0.125 e. The van der Waals surface area contributed by atoms with Crippen LogP contribution in [0.2, 0.25) is 0 Å². The SMILES string of the molecule is COc1cccc2c1[C@H]1O[C@@H]2[C@@H]2C=C(C(C)(C)O)[C@@H]21. The zero-order valence-electron chi connectivity index (χ0n) is 11.4. The summed E-state index contributed by atoms with van der Waals surface area (Å²) in [5, 5.41) is 10.2. The molecule has 0 radical (unpaired) electrons. The minimum absolute atomic E-state index is 0.0487. The first kappa shape index (κ1) is 11.5. The van der Waals surface area contributed by atoms with Crippen molar-refractivity contribution >= 4 is 0 Å². The lowest BCUT2D eigenvalue weighted by atomic mass is 9.61. The predicted octanol–water partition coefficient (Wildman–Crippen LogP) is 2.76. The molecule has 1 aromatic carbocycles. The highest BCUT2D eigenvalue weighted by Gasteiger charge is 2.59. The molecule has 1 N–H and O–H groups in total. The van der Waals surface area contributed by atoms with Crippen molar-refractivity contribution < 1.29 is 14.6 Å². The third kappa shape index (κ3) is 1.30. The van der Waals surface area contributed by atoms with Crippen molar-refractivity contribution in [1.82, 2.24) is 0 Å². The average Bonchev–Trinajstić information content (AvgIpc) is 2.78. The van der Waals surface area contributed by atoms with E-state index >= 15 is 0 Å². The summed E-state index contributed by atoms with van der Waals surface area (Å²) >= 11 is 0. The summed E-state index contributed by atoms with van der Waals surface area (Å²) in [6.45, 7) is 3.70. The Bertz CT molecular complexity index is 582. The van der Waals surface area contributed by atoms with Crippen LogP contribution in [0.3, 0.4) is 0 Å². The number of hydrogen-bond acceptors (Lipinski definition) is 3. The van der Waals surface area contributed by atoms with Gasteiger partial charge in [-0.2, -0.15) is 0 Å². The van der Waals surface area contributed by atoms with Crippen molar-refractivity contribution in [1.29, 1.82) is 0 Å². The van der Waals surface area contributed by atoms with Gasteiger partial charge in [0, 0.05) is 17.4 Å². The van der Waals surface area contributed by atoms with Gasteiger partial charge in [-0.1, -0.05) is 18.2 Å². The molecule has 19 heavy (non-hydrogen) atoms. The van der Waals surface area contributed by atoms with E-state index in [1.165, 1.54) is 11.1 Å². The lowest BCUT2D eigenvalue weighted by Gasteiger charge is -2.42. The van der Waals surface area contributed by atoms with Gasteiger partial charge in [0.1, 0.15) is 5.75 Å². The largest absolute Gasteiger partial charge is 0.496 e. The van der Waals surface area contributed by atoms with E-state index in [1.54, 1.807) is 7.11 Å². The van der Waals surface area contributed by atoms with E-state index in [-0.39, 0.29) is 12.2 Å². The average molecular weight is 258 g/mol. The van der Waals surface area contributed by atoms with Gasteiger partial charge in [0.15, 0.2) is 0 Å². The highest BCUT2D eigenvalue weighted by atomic mass is 16.5. The van der Waals surface area contributed by atoms with E-state index in [0.717, 1.165) is 11.3 Å². The van der Waals surface area contributed by atoms with Gasteiger partial charge in [0.05, 0.1) is 24.9 Å². The number of hydrogen-bond donors (Lipinski definition) is 1. The van der Waals surface area contributed by atoms with E-state index in [4.69, 9.17) is 9.47 Å². The Labute approximate surface area is 112 Å². The normalized spacial score (nSPS) is 34.4. The molecule has 0 amide bonds. The Kier molecular flexibility index (Phi) is 2.06. The first-order valence-electron chi connectivity index (χ1n) is 6.79. The summed E-state index contributed by atoms with van der Waals surface area (Å²) in [5.41, 5.74) is 2.81. The Hall–Kier alpha value is -1.32. The molecule has 0 unspecified atom stereocenters. The molecule has 3 nitrogen and oxygen atoms in total. The number of fused-ring (bicyclic) bond motifs is 8. The second-order valence-corrected chi connectivity index (χ2v) is 6.22. The maximum Gasteiger partial charge on any atom is 0.125 e. The van der Waals surface area contributed by atoms with Gasteiger partial charge in [-0.3, -0.25) is 0 Å². The van der Waals surface area contributed by atoms with Crippen molar-refractivity contribution in [2.75, 3.05) is 7.11 Å². The zero-order valence-corrected chi connectivity index (χ0v) is 11.4. The third-order valence-corrected chi connectivity index (χ3v) is 4.73. The van der Waals surface area contributed by atoms with Crippen LogP contribution in [0.4, 0.5) is 0 Å². The molecule has 0 saturated carbocycles. The molecule has 0 spiro atoms. The maximum absolute atomic E-state index is 10.2. The lowest BCUT2D eigenvalue weighted by molar-refractivity contribution is 0.0539. The van der Waals surface area contributed by atoms with Gasteiger partial charge in [-0.25, -0.2) is 0 Å². The molecule has 2 heterocycles. The van der Waals surface area contributed by atoms with Crippen LogP contribution in [-0.4, -0.2) is 17.8 Å². The molecule has 2 aliphatic heterocycles. The fourth-order valence-electron chi connectivity index (χ4n) is 3.92. The van der Waals surface area contributed by atoms with Crippen LogP contribution in [-0.2, 0) is 4.74 Å². The molecule has 1 saturated heterocycles. The molecule has 3 aliphatic rings. The molecular formula is C16H18O3. The summed E-state index contributed by atoms with van der Waals surface area (Å²) in [7, 11) is 1.70. The minimum Gasteiger partial charge on any atom is -0.496 e.